The van der Waals surface area contributed by atoms with Crippen LogP contribution in [-0.2, 0) is 24.4 Å². The number of carboxylic acid groups (broad SMARTS) is 1. The Hall–Kier alpha value is -2.28. The number of aromatic nitrogens is 3. The molecule has 1 N–H and O–H groups in total. The van der Waals surface area contributed by atoms with Crippen LogP contribution in [0.4, 0.5) is 4.39 Å². The monoisotopic (exact) mass is 304 g/mol. The van der Waals surface area contributed by atoms with E-state index in [1.165, 1.54) is 6.07 Å². The third-order valence-electron chi connectivity index (χ3n) is 4.06. The number of fused-ring (bicyclic) bond motifs is 1. The third-order valence-corrected chi connectivity index (χ3v) is 4.06. The molecule has 2 aromatic rings. The van der Waals surface area contributed by atoms with Crippen molar-refractivity contribution in [2.24, 2.45) is 0 Å². The molecule has 0 spiro atoms. The first-order chi connectivity index (χ1) is 10.5. The lowest BCUT2D eigenvalue weighted by Crippen LogP contribution is -2.47. The standard InChI is InChI=1S/C15H17FN4O2/c1-9-3-4-11(5-12(9)16)6-19-8-14-18-17-10(2)20(14)7-13(19)15(21)22/h3-5,13H,6-8H2,1-2H3,(H,21,22). The van der Waals surface area contributed by atoms with Crippen LogP contribution < -0.4 is 0 Å². The van der Waals surface area contributed by atoms with E-state index in [1.54, 1.807) is 24.8 Å². The second kappa shape index (κ2) is 5.49. The largest absolute Gasteiger partial charge is 0.480 e. The van der Waals surface area contributed by atoms with Gasteiger partial charge >= 0.3 is 5.97 Å². The second-order valence-corrected chi connectivity index (χ2v) is 5.62. The van der Waals surface area contributed by atoms with E-state index in [0.717, 1.165) is 11.4 Å². The fourth-order valence-electron chi connectivity index (χ4n) is 2.73. The van der Waals surface area contributed by atoms with Gasteiger partial charge in [-0.25, -0.2) is 4.39 Å². The SMILES string of the molecule is Cc1ccc(CN2Cc3nnc(C)n3CC2C(=O)O)cc1F. The molecule has 0 fully saturated rings. The van der Waals surface area contributed by atoms with Crippen molar-refractivity contribution in [1.82, 2.24) is 19.7 Å². The molecule has 0 amide bonds. The highest BCUT2D eigenvalue weighted by molar-refractivity contribution is 5.73. The topological polar surface area (TPSA) is 71.2 Å². The molecule has 0 bridgehead atoms. The van der Waals surface area contributed by atoms with Crippen LogP contribution in [0.15, 0.2) is 18.2 Å². The molecule has 1 aliphatic rings. The van der Waals surface area contributed by atoms with Crippen LogP contribution >= 0.6 is 0 Å². The van der Waals surface area contributed by atoms with Gasteiger partial charge in [-0.05, 0) is 31.0 Å². The van der Waals surface area contributed by atoms with Gasteiger partial charge < -0.3 is 9.67 Å². The first-order valence-corrected chi connectivity index (χ1v) is 7.06. The maximum Gasteiger partial charge on any atom is 0.322 e. The Morgan fingerprint density at radius 2 is 2.18 bits per heavy atom. The number of aliphatic carboxylic acids is 1. The van der Waals surface area contributed by atoms with Crippen LogP contribution in [0.25, 0.3) is 0 Å². The van der Waals surface area contributed by atoms with Gasteiger partial charge in [-0.1, -0.05) is 12.1 Å². The Labute approximate surface area is 127 Å². The summed E-state index contributed by atoms with van der Waals surface area (Å²) in [5.74, 6) is 0.275. The number of nitrogens with zero attached hydrogens (tertiary/aromatic N) is 4. The molecule has 1 unspecified atom stereocenters. The van der Waals surface area contributed by atoms with Gasteiger partial charge in [-0.15, -0.1) is 10.2 Å². The van der Waals surface area contributed by atoms with E-state index in [9.17, 15) is 14.3 Å². The number of hydrogen-bond acceptors (Lipinski definition) is 4. The van der Waals surface area contributed by atoms with E-state index >= 15 is 0 Å². The molecule has 0 saturated carbocycles. The summed E-state index contributed by atoms with van der Waals surface area (Å²) in [4.78, 5) is 13.3. The van der Waals surface area contributed by atoms with Gasteiger partial charge in [0.2, 0.25) is 0 Å². The lowest BCUT2D eigenvalue weighted by Gasteiger charge is -2.33. The summed E-state index contributed by atoms with van der Waals surface area (Å²) in [5, 5.41) is 17.5. The van der Waals surface area contributed by atoms with Gasteiger partial charge in [0.05, 0.1) is 13.1 Å². The number of carboxylic acids is 1. The van der Waals surface area contributed by atoms with Crippen LogP contribution in [0, 0.1) is 19.7 Å². The molecule has 6 nitrogen and oxygen atoms in total. The lowest BCUT2D eigenvalue weighted by atomic mass is 10.1. The van der Waals surface area contributed by atoms with E-state index in [4.69, 9.17) is 0 Å². The Kier molecular flexibility index (Phi) is 3.66. The fraction of sp³-hybridized carbons (Fsp3) is 0.400. The highest BCUT2D eigenvalue weighted by Crippen LogP contribution is 2.21. The van der Waals surface area contributed by atoms with Crippen molar-refractivity contribution in [1.29, 1.82) is 0 Å². The van der Waals surface area contributed by atoms with Crippen molar-refractivity contribution in [3.05, 3.63) is 46.8 Å². The highest BCUT2D eigenvalue weighted by atomic mass is 19.1. The van der Waals surface area contributed by atoms with Gasteiger partial charge in [-0.3, -0.25) is 9.69 Å². The summed E-state index contributed by atoms with van der Waals surface area (Å²) >= 11 is 0. The van der Waals surface area contributed by atoms with Crippen molar-refractivity contribution >= 4 is 5.97 Å². The Morgan fingerprint density at radius 3 is 2.86 bits per heavy atom. The fourth-order valence-corrected chi connectivity index (χ4v) is 2.73. The summed E-state index contributed by atoms with van der Waals surface area (Å²) in [6.07, 6.45) is 0. The van der Waals surface area contributed by atoms with Gasteiger partial charge in [0.25, 0.3) is 0 Å². The van der Waals surface area contributed by atoms with Crippen LogP contribution in [0.2, 0.25) is 0 Å². The van der Waals surface area contributed by atoms with Crippen molar-refractivity contribution in [3.63, 3.8) is 0 Å². The molecule has 1 aliphatic heterocycles. The highest BCUT2D eigenvalue weighted by Gasteiger charge is 2.33. The van der Waals surface area contributed by atoms with E-state index in [1.807, 2.05) is 10.6 Å². The van der Waals surface area contributed by atoms with Gasteiger partial charge in [0, 0.05) is 6.54 Å². The van der Waals surface area contributed by atoms with E-state index < -0.39 is 12.0 Å². The summed E-state index contributed by atoms with van der Waals surface area (Å²) in [7, 11) is 0. The van der Waals surface area contributed by atoms with E-state index in [-0.39, 0.29) is 5.82 Å². The molecule has 0 radical (unpaired) electrons. The summed E-state index contributed by atoms with van der Waals surface area (Å²) in [6.45, 7) is 4.55. The predicted octanol–water partition coefficient (Wildman–Crippen LogP) is 1.50. The third kappa shape index (κ3) is 2.59. The first-order valence-electron chi connectivity index (χ1n) is 7.06. The minimum absolute atomic E-state index is 0.277. The maximum atomic E-state index is 13.7. The molecule has 7 heteroatoms. The average molecular weight is 304 g/mol. The van der Waals surface area contributed by atoms with Crippen molar-refractivity contribution in [2.75, 3.05) is 0 Å². The van der Waals surface area contributed by atoms with Gasteiger partial charge in [0.1, 0.15) is 23.5 Å². The van der Waals surface area contributed by atoms with Crippen LogP contribution in [-0.4, -0.2) is 36.8 Å². The molecule has 1 atom stereocenters. The quantitative estimate of drug-likeness (QED) is 0.930. The maximum absolute atomic E-state index is 13.7. The molecule has 22 heavy (non-hydrogen) atoms. The first kappa shape index (κ1) is 14.6. The molecular weight excluding hydrogens is 287 g/mol. The second-order valence-electron chi connectivity index (χ2n) is 5.62. The van der Waals surface area contributed by atoms with E-state index in [0.29, 0.717) is 31.0 Å². The molecule has 2 heterocycles. The van der Waals surface area contributed by atoms with Crippen molar-refractivity contribution in [3.8, 4) is 0 Å². The normalized spacial score (nSPS) is 18.2. The zero-order chi connectivity index (χ0) is 15.9. The number of hydrogen-bond donors (Lipinski definition) is 1. The number of rotatable bonds is 3. The van der Waals surface area contributed by atoms with E-state index in [2.05, 4.69) is 10.2 Å². The minimum atomic E-state index is -0.897. The van der Waals surface area contributed by atoms with Crippen LogP contribution in [0.3, 0.4) is 0 Å². The molecule has 1 aromatic heterocycles. The minimum Gasteiger partial charge on any atom is -0.480 e. The zero-order valence-electron chi connectivity index (χ0n) is 12.5. The molecule has 1 aromatic carbocycles. The Bertz CT molecular complexity index is 728. The van der Waals surface area contributed by atoms with Crippen molar-refractivity contribution < 1.29 is 14.3 Å². The zero-order valence-corrected chi connectivity index (χ0v) is 12.5. The number of halogens is 1. The van der Waals surface area contributed by atoms with Crippen molar-refractivity contribution in [2.45, 2.75) is 39.5 Å². The Balaban J connectivity index is 1.87. The molecule has 0 aliphatic carbocycles. The molecular formula is C15H17FN4O2. The summed E-state index contributed by atoms with van der Waals surface area (Å²) < 4.78 is 15.5. The lowest BCUT2D eigenvalue weighted by molar-refractivity contribution is -0.145. The number of carbonyl (C=O) groups is 1. The molecule has 0 saturated heterocycles. The van der Waals surface area contributed by atoms with Gasteiger partial charge in [-0.2, -0.15) is 0 Å². The number of benzene rings is 1. The Morgan fingerprint density at radius 1 is 1.41 bits per heavy atom. The summed E-state index contributed by atoms with van der Waals surface area (Å²) in [5.41, 5.74) is 1.33. The van der Waals surface area contributed by atoms with Gasteiger partial charge in [0.15, 0.2) is 0 Å². The smallest absolute Gasteiger partial charge is 0.322 e. The van der Waals surface area contributed by atoms with Crippen LogP contribution in [0.1, 0.15) is 22.8 Å². The van der Waals surface area contributed by atoms with Crippen LogP contribution in [0.5, 0.6) is 0 Å². The molecule has 3 rings (SSSR count). The summed E-state index contributed by atoms with van der Waals surface area (Å²) in [6, 6.07) is 4.31. The average Bonchev–Trinajstić information content (AvgIpc) is 2.83. The predicted molar refractivity (Wildman–Crippen MR) is 76.6 cm³/mol. The number of aryl methyl sites for hydroxylation is 2. The molecule has 116 valence electrons.